The third-order valence-electron chi connectivity index (χ3n) is 6.62. The minimum absolute atomic E-state index is 0.0849. The third-order valence-corrected chi connectivity index (χ3v) is 12.3. The van der Waals surface area contributed by atoms with Crippen LogP contribution in [0, 0.1) is 27.3 Å². The summed E-state index contributed by atoms with van der Waals surface area (Å²) in [7, 11) is 0. The number of aliphatic hydroxyl groups is 2. The van der Waals surface area contributed by atoms with E-state index in [0.717, 1.165) is 49.1 Å². The van der Waals surface area contributed by atoms with Crippen LogP contribution in [0.1, 0.15) is 76.2 Å². The molecule has 0 fully saturated rings. The van der Waals surface area contributed by atoms with Gasteiger partial charge >= 0.3 is 5.97 Å². The van der Waals surface area contributed by atoms with Gasteiger partial charge in [-0.3, -0.25) is 4.79 Å². The van der Waals surface area contributed by atoms with Gasteiger partial charge in [0, 0.05) is 14.3 Å². The van der Waals surface area contributed by atoms with Crippen LogP contribution in [0.4, 0.5) is 11.4 Å². The normalized spacial score (nSPS) is 13.8. The summed E-state index contributed by atoms with van der Waals surface area (Å²) in [6, 6.07) is 3.93. The Balaban J connectivity index is 2.50. The highest BCUT2D eigenvalue weighted by atomic mass is 127. The number of carbonyl (C=O) groups excluding carboxylic acids is 1. The number of benzene rings is 2. The standard InChI is InChI=1S/C27H34I6N2O4/c1-2-3-4-5-6-7-8-9-15(21-17(28)11-18(29)24(34)22(21)32)16(10-14(37)13-36)27(38)39-26-20(31)12-19(30)25(35)23(26)33/h11-12,14-16,36-37H,2-10,13,34-35H2,1H3. The number of carbonyl (C=O) groups is 1. The molecule has 12 heteroatoms. The zero-order valence-corrected chi connectivity index (χ0v) is 34.5. The molecule has 6 nitrogen and oxygen atoms in total. The lowest BCUT2D eigenvalue weighted by atomic mass is 9.79. The fraction of sp³-hybridized carbons (Fsp3) is 0.519. The number of esters is 1. The Morgan fingerprint density at radius 2 is 1.38 bits per heavy atom. The second kappa shape index (κ2) is 18.6. The van der Waals surface area contributed by atoms with Crippen molar-refractivity contribution in [2.45, 2.75) is 76.7 Å². The minimum Gasteiger partial charge on any atom is -0.424 e. The van der Waals surface area contributed by atoms with E-state index in [2.05, 4.69) is 142 Å². The number of nitrogens with two attached hydrogens (primary N) is 2. The van der Waals surface area contributed by atoms with E-state index in [9.17, 15) is 15.0 Å². The lowest BCUT2D eigenvalue weighted by molar-refractivity contribution is -0.141. The van der Waals surface area contributed by atoms with Gasteiger partial charge in [-0.15, -0.1) is 0 Å². The van der Waals surface area contributed by atoms with Crippen molar-refractivity contribution in [2.75, 3.05) is 18.1 Å². The zero-order valence-electron chi connectivity index (χ0n) is 21.6. The summed E-state index contributed by atoms with van der Waals surface area (Å²) in [5.74, 6) is -0.913. The largest absolute Gasteiger partial charge is 0.424 e. The van der Waals surface area contributed by atoms with Crippen LogP contribution in [0.25, 0.3) is 0 Å². The van der Waals surface area contributed by atoms with E-state index in [-0.39, 0.29) is 12.3 Å². The number of unbranched alkanes of at least 4 members (excludes halogenated alkanes) is 6. The molecule has 0 heterocycles. The van der Waals surface area contributed by atoms with E-state index in [1.807, 2.05) is 12.1 Å². The fourth-order valence-corrected chi connectivity index (χ4v) is 12.2. The van der Waals surface area contributed by atoms with Crippen molar-refractivity contribution in [1.29, 1.82) is 0 Å². The third kappa shape index (κ3) is 10.7. The molecule has 0 saturated carbocycles. The monoisotopic (exact) mass is 1210 g/mol. The predicted molar refractivity (Wildman–Crippen MR) is 210 cm³/mol. The number of aliphatic hydroxyl groups excluding tert-OH is 2. The highest BCUT2D eigenvalue weighted by Crippen LogP contribution is 2.43. The number of rotatable bonds is 15. The van der Waals surface area contributed by atoms with Gasteiger partial charge in [0.25, 0.3) is 0 Å². The Morgan fingerprint density at radius 1 is 0.846 bits per heavy atom. The maximum atomic E-state index is 14.0. The first kappa shape index (κ1) is 37.0. The van der Waals surface area contributed by atoms with Crippen molar-refractivity contribution in [3.8, 4) is 5.75 Å². The molecule has 2 aromatic rings. The average molecular weight is 1210 g/mol. The highest BCUT2D eigenvalue weighted by Gasteiger charge is 2.36. The Bertz CT molecular complexity index is 1130. The molecule has 0 spiro atoms. The average Bonchev–Trinajstić information content (AvgIpc) is 2.89. The molecule has 0 amide bonds. The lowest BCUT2D eigenvalue weighted by Crippen LogP contribution is -2.33. The molecule has 2 aromatic carbocycles. The summed E-state index contributed by atoms with van der Waals surface area (Å²) in [6.45, 7) is 1.79. The predicted octanol–water partition coefficient (Wildman–Crippen LogP) is 8.67. The van der Waals surface area contributed by atoms with E-state index in [1.54, 1.807) is 0 Å². The summed E-state index contributed by atoms with van der Waals surface area (Å²) in [5, 5.41) is 20.3. The fourth-order valence-electron chi connectivity index (χ4n) is 4.48. The van der Waals surface area contributed by atoms with Crippen LogP contribution < -0.4 is 16.2 Å². The van der Waals surface area contributed by atoms with Crippen molar-refractivity contribution >= 4 is 153 Å². The number of anilines is 2. The summed E-state index contributed by atoms with van der Waals surface area (Å²) in [6.07, 6.45) is 7.89. The van der Waals surface area contributed by atoms with Crippen LogP contribution in [0.15, 0.2) is 12.1 Å². The van der Waals surface area contributed by atoms with E-state index in [4.69, 9.17) is 16.2 Å². The first-order valence-corrected chi connectivity index (χ1v) is 19.3. The minimum atomic E-state index is -1.05. The van der Waals surface area contributed by atoms with Crippen LogP contribution in [-0.4, -0.2) is 28.9 Å². The van der Waals surface area contributed by atoms with E-state index >= 15 is 0 Å². The van der Waals surface area contributed by atoms with E-state index in [0.29, 0.717) is 20.7 Å². The van der Waals surface area contributed by atoms with Gasteiger partial charge in [0.15, 0.2) is 5.75 Å². The molecule has 0 bridgehead atoms. The quantitative estimate of drug-likeness (QED) is 0.0467. The van der Waals surface area contributed by atoms with Gasteiger partial charge in [-0.1, -0.05) is 51.9 Å². The number of hydrogen-bond acceptors (Lipinski definition) is 6. The summed E-state index contributed by atoms with van der Waals surface area (Å²) < 4.78 is 11.3. The molecular formula is C27H34I6N2O4. The van der Waals surface area contributed by atoms with Crippen LogP contribution in [0.5, 0.6) is 5.75 Å². The van der Waals surface area contributed by atoms with Crippen molar-refractivity contribution in [1.82, 2.24) is 0 Å². The molecule has 39 heavy (non-hydrogen) atoms. The van der Waals surface area contributed by atoms with Gasteiger partial charge in [-0.2, -0.15) is 0 Å². The summed E-state index contributed by atoms with van der Waals surface area (Å²) in [4.78, 5) is 14.0. The highest BCUT2D eigenvalue weighted by molar-refractivity contribution is 14.1. The molecule has 218 valence electrons. The Labute approximate surface area is 313 Å². The maximum absolute atomic E-state index is 14.0. The smallest absolute Gasteiger partial charge is 0.315 e. The molecule has 2 rings (SSSR count). The molecule has 0 aliphatic carbocycles. The molecule has 0 aliphatic rings. The molecule has 0 saturated heterocycles. The molecule has 0 aromatic heterocycles. The van der Waals surface area contributed by atoms with Crippen molar-refractivity contribution < 1.29 is 19.7 Å². The van der Waals surface area contributed by atoms with Gasteiger partial charge in [0.2, 0.25) is 0 Å². The van der Waals surface area contributed by atoms with Gasteiger partial charge in [-0.25, -0.2) is 0 Å². The molecule has 3 unspecified atom stereocenters. The van der Waals surface area contributed by atoms with Gasteiger partial charge in [0.05, 0.1) is 37.1 Å². The van der Waals surface area contributed by atoms with Crippen LogP contribution in [-0.2, 0) is 4.79 Å². The number of nitrogen functional groups attached to an aromatic ring is 2. The van der Waals surface area contributed by atoms with Crippen LogP contribution >= 0.6 is 136 Å². The van der Waals surface area contributed by atoms with Crippen molar-refractivity contribution in [2.24, 2.45) is 5.92 Å². The topological polar surface area (TPSA) is 119 Å². The van der Waals surface area contributed by atoms with Crippen molar-refractivity contribution in [3.63, 3.8) is 0 Å². The molecule has 6 N–H and O–H groups in total. The van der Waals surface area contributed by atoms with Gasteiger partial charge in [-0.05, 0) is 172 Å². The van der Waals surface area contributed by atoms with Crippen molar-refractivity contribution in [3.05, 3.63) is 39.1 Å². The zero-order chi connectivity index (χ0) is 29.3. The first-order valence-electron chi connectivity index (χ1n) is 12.8. The van der Waals surface area contributed by atoms with Gasteiger partial charge in [0.1, 0.15) is 0 Å². The molecule has 3 atom stereocenters. The first-order chi connectivity index (χ1) is 18.4. The second-order valence-corrected chi connectivity index (χ2v) is 16.3. The van der Waals surface area contributed by atoms with E-state index < -0.39 is 24.6 Å². The second-order valence-electron chi connectivity index (χ2n) is 9.49. The molecule has 0 aliphatic heterocycles. The van der Waals surface area contributed by atoms with Crippen LogP contribution in [0.3, 0.4) is 0 Å². The van der Waals surface area contributed by atoms with Crippen LogP contribution in [0.2, 0.25) is 0 Å². The number of halogens is 6. The van der Waals surface area contributed by atoms with Gasteiger partial charge < -0.3 is 26.4 Å². The maximum Gasteiger partial charge on any atom is 0.315 e. The molecular weight excluding hydrogens is 1180 g/mol. The number of ether oxygens (including phenoxy) is 1. The summed E-state index contributed by atoms with van der Waals surface area (Å²) >= 11 is 13.3. The SMILES string of the molecule is CCCCCCCCCC(c1c(I)cc(I)c(N)c1I)C(CC(O)CO)C(=O)Oc1c(I)cc(I)c(N)c1I. The Kier molecular flexibility index (Phi) is 17.6. The number of hydrogen-bond donors (Lipinski definition) is 4. The Hall–Kier alpha value is 1.81. The Morgan fingerprint density at radius 3 is 1.97 bits per heavy atom. The summed E-state index contributed by atoms with van der Waals surface area (Å²) in [5.41, 5.74) is 15.0. The van der Waals surface area contributed by atoms with E-state index in [1.165, 1.54) is 25.7 Å². The lowest BCUT2D eigenvalue weighted by Gasteiger charge is -2.30. The molecule has 0 radical (unpaired) electrons.